The molecule has 0 atom stereocenters. The number of anilines is 1. The zero-order chi connectivity index (χ0) is 25.5. The first kappa shape index (κ1) is 25.6. The molecule has 188 valence electrons. The number of aliphatic hydroxyl groups is 1. The van der Waals surface area contributed by atoms with Gasteiger partial charge in [-0.05, 0) is 81.2 Å². The molecular weight excluding hydrogens is 473 g/mol. The first-order valence-corrected chi connectivity index (χ1v) is 12.3. The maximum Gasteiger partial charge on any atom is 0.433 e. The molecule has 0 amide bonds. The van der Waals surface area contributed by atoms with Gasteiger partial charge in [-0.15, -0.1) is 0 Å². The molecule has 9 heteroatoms. The molecular formula is C26H31F3N4OS. The Hall–Kier alpha value is -2.52. The molecule has 2 N–H and O–H groups in total. The zero-order valence-electron chi connectivity index (χ0n) is 20.4. The van der Waals surface area contributed by atoms with Crippen molar-refractivity contribution in [2.45, 2.75) is 71.2 Å². The number of hydrogen-bond donors (Lipinski definition) is 2. The number of hydrogen-bond acceptors (Lipinski definition) is 4. The van der Waals surface area contributed by atoms with Gasteiger partial charge in [-0.3, -0.25) is 4.68 Å². The summed E-state index contributed by atoms with van der Waals surface area (Å²) in [5.74, 6) is 1.42. The summed E-state index contributed by atoms with van der Waals surface area (Å²) in [5.41, 5.74) is -0.422. The highest BCUT2D eigenvalue weighted by Crippen LogP contribution is 2.37. The average molecular weight is 505 g/mol. The molecule has 5 nitrogen and oxygen atoms in total. The monoisotopic (exact) mass is 504 g/mol. The molecule has 1 aromatic carbocycles. The van der Waals surface area contributed by atoms with Crippen molar-refractivity contribution in [3.63, 3.8) is 0 Å². The Balaban J connectivity index is 1.65. The van der Waals surface area contributed by atoms with Crippen LogP contribution in [0.2, 0.25) is 0 Å². The minimum atomic E-state index is -4.56. The van der Waals surface area contributed by atoms with Gasteiger partial charge >= 0.3 is 6.18 Å². The van der Waals surface area contributed by atoms with E-state index < -0.39 is 17.5 Å². The Morgan fingerprint density at radius 1 is 1.14 bits per heavy atom. The highest BCUT2D eigenvalue weighted by atomic mass is 32.1. The number of benzene rings is 1. The summed E-state index contributed by atoms with van der Waals surface area (Å²) >= 11 is 5.56. The van der Waals surface area contributed by atoms with Crippen molar-refractivity contribution in [3.8, 4) is 0 Å². The molecule has 1 fully saturated rings. The fourth-order valence-corrected chi connectivity index (χ4v) is 5.12. The van der Waals surface area contributed by atoms with Crippen LogP contribution in [0.3, 0.4) is 0 Å². The van der Waals surface area contributed by atoms with Gasteiger partial charge in [-0.1, -0.05) is 32.1 Å². The van der Waals surface area contributed by atoms with Gasteiger partial charge in [-0.25, -0.2) is 4.98 Å². The third-order valence-electron chi connectivity index (χ3n) is 6.90. The average Bonchev–Trinajstić information content (AvgIpc) is 3.20. The third kappa shape index (κ3) is 5.67. The van der Waals surface area contributed by atoms with E-state index in [-0.39, 0.29) is 10.8 Å². The minimum Gasteiger partial charge on any atom is -0.386 e. The van der Waals surface area contributed by atoms with Gasteiger partial charge in [0.1, 0.15) is 16.5 Å². The first-order chi connectivity index (χ1) is 16.3. The highest BCUT2D eigenvalue weighted by molar-refractivity contribution is 7.81. The van der Waals surface area contributed by atoms with Crippen molar-refractivity contribution in [3.05, 3.63) is 53.3 Å². The normalized spacial score (nSPS) is 19.3. The molecule has 0 radical (unpaired) electrons. The van der Waals surface area contributed by atoms with E-state index >= 15 is 0 Å². The minimum absolute atomic E-state index is 0.00998. The number of thiocarbonyl (C=S) groups is 1. The Morgan fingerprint density at radius 2 is 1.83 bits per heavy atom. The molecule has 0 bridgehead atoms. The maximum atomic E-state index is 13.1. The summed E-state index contributed by atoms with van der Waals surface area (Å²) < 4.78 is 41.2. The molecule has 3 aromatic rings. The van der Waals surface area contributed by atoms with Crippen LogP contribution in [0.4, 0.5) is 19.0 Å². The Kier molecular flexibility index (Phi) is 6.94. The standard InChI is InChI=1S/C26H31F3N4OS/c1-15(2)16-8-10-18(11-9-16)33-14-17-12-19(20(25(3,4)34)13-21(17)32-33)24(35)31-23-7-5-6-22(30-23)26(27,28)29/h5-7,12-16,18,34H,8-11H2,1-4H3,(H,30,31,35). The number of aromatic nitrogens is 3. The predicted molar refractivity (Wildman–Crippen MR) is 135 cm³/mol. The van der Waals surface area contributed by atoms with Crippen LogP contribution in [0.15, 0.2) is 36.5 Å². The Labute approximate surface area is 208 Å². The van der Waals surface area contributed by atoms with E-state index in [2.05, 4.69) is 24.1 Å². The van der Waals surface area contributed by atoms with Crippen molar-refractivity contribution in [1.82, 2.24) is 14.8 Å². The third-order valence-corrected chi connectivity index (χ3v) is 7.23. The van der Waals surface area contributed by atoms with Gasteiger partial charge in [-0.2, -0.15) is 18.3 Å². The van der Waals surface area contributed by atoms with E-state index in [1.807, 2.05) is 23.0 Å². The van der Waals surface area contributed by atoms with Crippen LogP contribution in [0.5, 0.6) is 0 Å². The van der Waals surface area contributed by atoms with E-state index in [0.717, 1.165) is 35.7 Å². The Morgan fingerprint density at radius 3 is 2.43 bits per heavy atom. The fraction of sp³-hybridized carbons (Fsp3) is 0.500. The summed E-state index contributed by atoms with van der Waals surface area (Å²) in [7, 11) is 0. The second kappa shape index (κ2) is 9.50. The van der Waals surface area contributed by atoms with Crippen LogP contribution in [-0.2, 0) is 11.8 Å². The van der Waals surface area contributed by atoms with Gasteiger partial charge < -0.3 is 10.4 Å². The van der Waals surface area contributed by atoms with Gasteiger partial charge in [0.05, 0.1) is 17.2 Å². The number of rotatable bonds is 5. The second-order valence-corrected chi connectivity index (χ2v) is 10.7. The lowest BCUT2D eigenvalue weighted by Crippen LogP contribution is -2.23. The lowest BCUT2D eigenvalue weighted by molar-refractivity contribution is -0.141. The first-order valence-electron chi connectivity index (χ1n) is 11.9. The molecule has 0 saturated heterocycles. The molecule has 2 aromatic heterocycles. The summed E-state index contributed by atoms with van der Waals surface area (Å²) in [6.45, 7) is 7.84. The predicted octanol–water partition coefficient (Wildman–Crippen LogP) is 6.85. The number of nitrogens with zero attached hydrogens (tertiary/aromatic N) is 3. The van der Waals surface area contributed by atoms with E-state index in [9.17, 15) is 18.3 Å². The number of pyridine rings is 1. The largest absolute Gasteiger partial charge is 0.433 e. The molecule has 0 spiro atoms. The number of alkyl halides is 3. The van der Waals surface area contributed by atoms with E-state index in [1.165, 1.54) is 25.0 Å². The highest BCUT2D eigenvalue weighted by Gasteiger charge is 2.33. The molecule has 1 saturated carbocycles. The van der Waals surface area contributed by atoms with Crippen molar-refractivity contribution in [2.24, 2.45) is 11.8 Å². The van der Waals surface area contributed by atoms with Gasteiger partial charge in [0.15, 0.2) is 0 Å². The molecule has 0 unspecified atom stereocenters. The van der Waals surface area contributed by atoms with Gasteiger partial charge in [0.25, 0.3) is 0 Å². The molecule has 4 rings (SSSR count). The van der Waals surface area contributed by atoms with Crippen LogP contribution < -0.4 is 5.32 Å². The van der Waals surface area contributed by atoms with Crippen LogP contribution in [0.1, 0.15) is 76.2 Å². The Bertz CT molecular complexity index is 1220. The number of halogens is 3. The van der Waals surface area contributed by atoms with Crippen LogP contribution >= 0.6 is 12.2 Å². The quantitative estimate of drug-likeness (QED) is 0.372. The van der Waals surface area contributed by atoms with Crippen LogP contribution in [0, 0.1) is 11.8 Å². The molecule has 2 heterocycles. The second-order valence-electron chi connectivity index (χ2n) is 10.3. The molecule has 0 aliphatic heterocycles. The van der Waals surface area contributed by atoms with Crippen molar-refractivity contribution >= 4 is 33.9 Å². The summed E-state index contributed by atoms with van der Waals surface area (Å²) in [6.07, 6.45) is 1.94. The SMILES string of the molecule is CC(C)C1CCC(n2cc3cc(C(=S)Nc4cccc(C(F)(F)F)n4)c(C(C)(C)O)cc3n2)CC1. The van der Waals surface area contributed by atoms with Gasteiger partial charge in [0.2, 0.25) is 0 Å². The number of fused-ring (bicyclic) bond motifs is 1. The van der Waals surface area contributed by atoms with E-state index in [0.29, 0.717) is 23.1 Å². The summed E-state index contributed by atoms with van der Waals surface area (Å²) in [6, 6.07) is 7.59. The van der Waals surface area contributed by atoms with Crippen molar-refractivity contribution < 1.29 is 18.3 Å². The summed E-state index contributed by atoms with van der Waals surface area (Å²) in [4.78, 5) is 3.83. The maximum absolute atomic E-state index is 13.1. The van der Waals surface area contributed by atoms with Crippen LogP contribution in [-0.4, -0.2) is 24.9 Å². The molecule has 35 heavy (non-hydrogen) atoms. The summed E-state index contributed by atoms with van der Waals surface area (Å²) in [5, 5.41) is 19.3. The molecule has 1 aliphatic carbocycles. The van der Waals surface area contributed by atoms with E-state index in [4.69, 9.17) is 17.3 Å². The number of nitrogens with one attached hydrogen (secondary N) is 1. The molecule has 1 aliphatic rings. The fourth-order valence-electron chi connectivity index (χ4n) is 4.85. The zero-order valence-corrected chi connectivity index (χ0v) is 21.2. The van der Waals surface area contributed by atoms with E-state index in [1.54, 1.807) is 13.8 Å². The smallest absolute Gasteiger partial charge is 0.386 e. The topological polar surface area (TPSA) is 63.0 Å². The lowest BCUT2D eigenvalue weighted by Gasteiger charge is -2.30. The van der Waals surface area contributed by atoms with Gasteiger partial charge in [0, 0.05) is 17.1 Å². The van der Waals surface area contributed by atoms with Crippen molar-refractivity contribution in [2.75, 3.05) is 5.32 Å². The van der Waals surface area contributed by atoms with Crippen molar-refractivity contribution in [1.29, 1.82) is 0 Å². The lowest BCUT2D eigenvalue weighted by atomic mass is 9.80. The van der Waals surface area contributed by atoms with Crippen LogP contribution in [0.25, 0.3) is 10.9 Å².